The fourth-order valence-electron chi connectivity index (χ4n) is 4.27. The SMILES string of the molecule is CCc1ccc(CCC(=O)N(Cc2ccc(F)cc2)C(C)C(=O)NC2CCCCC2)cc1. The second kappa shape index (κ2) is 11.8. The molecular weight excluding hydrogens is 403 g/mol. The highest BCUT2D eigenvalue weighted by atomic mass is 19.1. The molecule has 0 aromatic heterocycles. The van der Waals surface area contributed by atoms with Gasteiger partial charge >= 0.3 is 0 Å². The second-order valence-electron chi connectivity index (χ2n) is 8.84. The minimum absolute atomic E-state index is 0.0693. The van der Waals surface area contributed by atoms with Crippen LogP contribution in [0, 0.1) is 5.82 Å². The van der Waals surface area contributed by atoms with Crippen LogP contribution in [0.5, 0.6) is 0 Å². The van der Waals surface area contributed by atoms with Gasteiger partial charge in [-0.05, 0) is 61.4 Å². The van der Waals surface area contributed by atoms with Gasteiger partial charge in [-0.25, -0.2) is 4.39 Å². The average molecular weight is 439 g/mol. The summed E-state index contributed by atoms with van der Waals surface area (Å²) in [6.07, 6.45) is 7.42. The lowest BCUT2D eigenvalue weighted by atomic mass is 9.95. The van der Waals surface area contributed by atoms with Gasteiger partial charge in [0.1, 0.15) is 11.9 Å². The van der Waals surface area contributed by atoms with Crippen LogP contribution in [-0.2, 0) is 29.0 Å². The number of aryl methyl sites for hydroxylation is 2. The molecule has 5 heteroatoms. The van der Waals surface area contributed by atoms with E-state index in [1.54, 1.807) is 24.0 Å². The van der Waals surface area contributed by atoms with Gasteiger partial charge in [-0.1, -0.05) is 62.6 Å². The van der Waals surface area contributed by atoms with E-state index in [0.29, 0.717) is 12.8 Å². The number of benzene rings is 2. The molecule has 0 heterocycles. The maximum Gasteiger partial charge on any atom is 0.242 e. The molecule has 2 aromatic carbocycles. The first-order chi connectivity index (χ1) is 15.5. The van der Waals surface area contributed by atoms with E-state index < -0.39 is 6.04 Å². The number of halogens is 1. The third-order valence-corrected chi connectivity index (χ3v) is 6.44. The third kappa shape index (κ3) is 6.91. The van der Waals surface area contributed by atoms with Gasteiger partial charge in [-0.15, -0.1) is 0 Å². The lowest BCUT2D eigenvalue weighted by Gasteiger charge is -2.31. The molecule has 2 amide bonds. The predicted molar refractivity (Wildman–Crippen MR) is 126 cm³/mol. The summed E-state index contributed by atoms with van der Waals surface area (Å²) < 4.78 is 13.3. The minimum Gasteiger partial charge on any atom is -0.352 e. The standard InChI is InChI=1S/C27H35FN2O2/c1-3-21-9-11-22(12-10-21)15-18-26(31)30(19-23-13-16-24(28)17-14-23)20(2)27(32)29-25-7-5-4-6-8-25/h9-14,16-17,20,25H,3-8,15,18-19H2,1-2H3,(H,29,32). The molecule has 0 saturated heterocycles. The number of nitrogens with one attached hydrogen (secondary N) is 1. The number of hydrogen-bond acceptors (Lipinski definition) is 2. The third-order valence-electron chi connectivity index (χ3n) is 6.44. The largest absolute Gasteiger partial charge is 0.352 e. The Morgan fingerprint density at radius 1 is 0.969 bits per heavy atom. The van der Waals surface area contributed by atoms with Gasteiger partial charge < -0.3 is 10.2 Å². The average Bonchev–Trinajstić information content (AvgIpc) is 2.82. The molecule has 1 fully saturated rings. The smallest absolute Gasteiger partial charge is 0.242 e. The van der Waals surface area contributed by atoms with E-state index in [9.17, 15) is 14.0 Å². The monoisotopic (exact) mass is 438 g/mol. The van der Waals surface area contributed by atoms with Crippen molar-refractivity contribution < 1.29 is 14.0 Å². The molecule has 1 N–H and O–H groups in total. The molecule has 172 valence electrons. The molecule has 0 aliphatic heterocycles. The Labute approximate surface area is 191 Å². The summed E-state index contributed by atoms with van der Waals surface area (Å²) in [7, 11) is 0. The molecule has 0 bridgehead atoms. The van der Waals surface area contributed by atoms with Crippen LogP contribution < -0.4 is 5.32 Å². The quantitative estimate of drug-likeness (QED) is 0.586. The van der Waals surface area contributed by atoms with Crippen LogP contribution in [0.3, 0.4) is 0 Å². The molecule has 1 saturated carbocycles. The van der Waals surface area contributed by atoms with Crippen LogP contribution in [0.2, 0.25) is 0 Å². The molecule has 2 aromatic rings. The van der Waals surface area contributed by atoms with Crippen LogP contribution in [0.4, 0.5) is 4.39 Å². The van der Waals surface area contributed by atoms with E-state index in [0.717, 1.165) is 43.2 Å². The topological polar surface area (TPSA) is 49.4 Å². The van der Waals surface area contributed by atoms with E-state index in [4.69, 9.17) is 0 Å². The summed E-state index contributed by atoms with van der Waals surface area (Å²) in [5.41, 5.74) is 3.19. The molecule has 1 unspecified atom stereocenters. The molecule has 1 aliphatic rings. The summed E-state index contributed by atoms with van der Waals surface area (Å²) in [6.45, 7) is 4.19. The number of nitrogens with zero attached hydrogens (tertiary/aromatic N) is 1. The van der Waals surface area contributed by atoms with Crippen molar-refractivity contribution >= 4 is 11.8 Å². The molecule has 32 heavy (non-hydrogen) atoms. The van der Waals surface area contributed by atoms with Gasteiger partial charge in [0.15, 0.2) is 0 Å². The van der Waals surface area contributed by atoms with E-state index in [1.165, 1.54) is 24.1 Å². The lowest BCUT2D eigenvalue weighted by molar-refractivity contribution is -0.141. The Balaban J connectivity index is 1.68. The van der Waals surface area contributed by atoms with Gasteiger partial charge in [-0.3, -0.25) is 9.59 Å². The number of rotatable bonds is 9. The van der Waals surface area contributed by atoms with Gasteiger partial charge in [0.05, 0.1) is 0 Å². The van der Waals surface area contributed by atoms with Crippen LogP contribution >= 0.6 is 0 Å². The van der Waals surface area contributed by atoms with Gasteiger partial charge in [0.2, 0.25) is 11.8 Å². The van der Waals surface area contributed by atoms with Gasteiger partial charge in [0.25, 0.3) is 0 Å². The lowest BCUT2D eigenvalue weighted by Crippen LogP contribution is -2.50. The first kappa shape index (κ1) is 24.0. The van der Waals surface area contributed by atoms with Gasteiger partial charge in [0, 0.05) is 19.0 Å². The first-order valence-electron chi connectivity index (χ1n) is 11.9. The normalized spacial score (nSPS) is 15.2. The fraction of sp³-hybridized carbons (Fsp3) is 0.481. The number of amides is 2. The summed E-state index contributed by atoms with van der Waals surface area (Å²) in [4.78, 5) is 27.8. The van der Waals surface area contributed by atoms with Crippen molar-refractivity contribution in [2.45, 2.75) is 83.8 Å². The molecular formula is C27H35FN2O2. The van der Waals surface area contributed by atoms with E-state index in [2.05, 4.69) is 36.5 Å². The zero-order valence-electron chi connectivity index (χ0n) is 19.3. The number of carbonyl (C=O) groups excluding carboxylic acids is 2. The van der Waals surface area contributed by atoms with Crippen molar-refractivity contribution in [3.63, 3.8) is 0 Å². The molecule has 1 atom stereocenters. The van der Waals surface area contributed by atoms with Crippen molar-refractivity contribution in [3.05, 3.63) is 71.0 Å². The molecule has 3 rings (SSSR count). The Kier molecular flexibility index (Phi) is 8.83. The van der Waals surface area contributed by atoms with Crippen molar-refractivity contribution in [1.82, 2.24) is 10.2 Å². The van der Waals surface area contributed by atoms with E-state index >= 15 is 0 Å². The summed E-state index contributed by atoms with van der Waals surface area (Å²) >= 11 is 0. The number of carbonyl (C=O) groups is 2. The Hall–Kier alpha value is -2.69. The maximum absolute atomic E-state index is 13.3. The van der Waals surface area contributed by atoms with Crippen molar-refractivity contribution in [2.75, 3.05) is 0 Å². The van der Waals surface area contributed by atoms with Crippen LogP contribution in [0.25, 0.3) is 0 Å². The zero-order valence-corrected chi connectivity index (χ0v) is 19.3. The van der Waals surface area contributed by atoms with Crippen molar-refractivity contribution in [1.29, 1.82) is 0 Å². The minimum atomic E-state index is -0.586. The Morgan fingerprint density at radius 2 is 1.56 bits per heavy atom. The summed E-state index contributed by atoms with van der Waals surface area (Å²) in [5, 5.41) is 3.14. The van der Waals surface area contributed by atoms with Crippen LogP contribution in [-0.4, -0.2) is 28.8 Å². The predicted octanol–water partition coefficient (Wildman–Crippen LogP) is 5.19. The molecule has 0 radical (unpaired) electrons. The summed E-state index contributed by atoms with van der Waals surface area (Å²) in [6, 6.07) is 14.0. The molecule has 1 aliphatic carbocycles. The Bertz CT molecular complexity index is 874. The van der Waals surface area contributed by atoms with Gasteiger partial charge in [-0.2, -0.15) is 0 Å². The van der Waals surface area contributed by atoms with Crippen LogP contribution in [0.15, 0.2) is 48.5 Å². The van der Waals surface area contributed by atoms with Crippen LogP contribution in [0.1, 0.15) is 69.1 Å². The van der Waals surface area contributed by atoms with E-state index in [-0.39, 0.29) is 30.2 Å². The first-order valence-corrected chi connectivity index (χ1v) is 11.9. The highest BCUT2D eigenvalue weighted by Gasteiger charge is 2.27. The highest BCUT2D eigenvalue weighted by molar-refractivity contribution is 5.87. The van der Waals surface area contributed by atoms with Crippen molar-refractivity contribution in [2.24, 2.45) is 0 Å². The molecule has 4 nitrogen and oxygen atoms in total. The van der Waals surface area contributed by atoms with E-state index in [1.807, 2.05) is 0 Å². The summed E-state index contributed by atoms with van der Waals surface area (Å²) in [5.74, 6) is -0.495. The fourth-order valence-corrected chi connectivity index (χ4v) is 4.27. The molecule has 0 spiro atoms. The zero-order chi connectivity index (χ0) is 22.9. The maximum atomic E-state index is 13.3. The number of hydrogen-bond donors (Lipinski definition) is 1. The van der Waals surface area contributed by atoms with Crippen molar-refractivity contribution in [3.8, 4) is 0 Å². The highest BCUT2D eigenvalue weighted by Crippen LogP contribution is 2.19. The Morgan fingerprint density at radius 3 is 2.19 bits per heavy atom. The second-order valence-corrected chi connectivity index (χ2v) is 8.84.